The second-order valence-electron chi connectivity index (χ2n) is 2.73. The number of carbonyl (C=O) groups excluding carboxylic acids is 2. The third-order valence-corrected chi connectivity index (χ3v) is 2.23. The van der Waals surface area contributed by atoms with E-state index in [0.29, 0.717) is 16.1 Å². The van der Waals surface area contributed by atoms with Crippen LogP contribution in [0.25, 0.3) is 6.08 Å². The normalized spacial score (nSPS) is 14.5. The van der Waals surface area contributed by atoms with Crippen molar-refractivity contribution in [2.24, 2.45) is 0 Å². The predicted octanol–water partition coefficient (Wildman–Crippen LogP) is 2.12. The Balaban J connectivity index is 2.74. The van der Waals surface area contributed by atoms with E-state index < -0.39 is 11.6 Å². The Morgan fingerprint density at radius 1 is 1.08 bits per heavy atom. The molecule has 1 aliphatic carbocycles. The molecule has 2 rings (SSSR count). The van der Waals surface area contributed by atoms with Crippen molar-refractivity contribution in [2.75, 3.05) is 0 Å². The molecular formula is C10H5ClO2. The Hall–Kier alpha value is -1.41. The molecule has 0 radical (unpaired) electrons. The quantitative estimate of drug-likeness (QED) is 0.590. The first-order chi connectivity index (χ1) is 6.20. The van der Waals surface area contributed by atoms with Gasteiger partial charge in [-0.15, -0.1) is 0 Å². The zero-order chi connectivity index (χ0) is 9.42. The molecule has 0 amide bonds. The molecule has 1 aliphatic rings. The molecule has 64 valence electrons. The lowest BCUT2D eigenvalue weighted by Gasteiger charge is -2.08. The van der Waals surface area contributed by atoms with E-state index in [1.54, 1.807) is 24.3 Å². The van der Waals surface area contributed by atoms with Crippen LogP contribution in [0.4, 0.5) is 0 Å². The number of hydrogen-bond donors (Lipinski definition) is 0. The summed E-state index contributed by atoms with van der Waals surface area (Å²) in [7, 11) is 0. The molecular weight excluding hydrogens is 188 g/mol. The molecule has 2 nitrogen and oxygen atoms in total. The Bertz CT molecular complexity index is 433. The smallest absolute Gasteiger partial charge is 0.234 e. The van der Waals surface area contributed by atoms with Crippen LogP contribution in [0, 0.1) is 0 Å². The van der Waals surface area contributed by atoms with Crippen LogP contribution < -0.4 is 0 Å². The van der Waals surface area contributed by atoms with Crippen molar-refractivity contribution in [3.63, 3.8) is 0 Å². The van der Waals surface area contributed by atoms with E-state index in [1.807, 2.05) is 0 Å². The summed E-state index contributed by atoms with van der Waals surface area (Å²) in [6.07, 6.45) is 2.87. The molecule has 13 heavy (non-hydrogen) atoms. The van der Waals surface area contributed by atoms with Crippen LogP contribution in [0.3, 0.4) is 0 Å². The van der Waals surface area contributed by atoms with Crippen molar-refractivity contribution in [1.82, 2.24) is 0 Å². The average molecular weight is 193 g/mol. The third kappa shape index (κ3) is 1.19. The van der Waals surface area contributed by atoms with Gasteiger partial charge in [-0.25, -0.2) is 0 Å². The number of hydrogen-bond acceptors (Lipinski definition) is 2. The van der Waals surface area contributed by atoms with E-state index in [4.69, 9.17) is 11.6 Å². The van der Waals surface area contributed by atoms with Gasteiger partial charge in [0.05, 0.1) is 10.6 Å². The highest BCUT2D eigenvalue weighted by Crippen LogP contribution is 2.24. The van der Waals surface area contributed by atoms with Gasteiger partial charge in [0.15, 0.2) is 0 Å². The third-order valence-electron chi connectivity index (χ3n) is 1.91. The maximum Gasteiger partial charge on any atom is 0.234 e. The molecule has 0 N–H and O–H groups in total. The Morgan fingerprint density at radius 3 is 2.62 bits per heavy atom. The summed E-state index contributed by atoms with van der Waals surface area (Å²) in [4.78, 5) is 22.4. The van der Waals surface area contributed by atoms with E-state index in [-0.39, 0.29) is 0 Å². The summed E-state index contributed by atoms with van der Waals surface area (Å²) < 4.78 is 0. The molecule has 3 heteroatoms. The number of ketones is 2. The fourth-order valence-electron chi connectivity index (χ4n) is 1.28. The monoisotopic (exact) mass is 192 g/mol. The van der Waals surface area contributed by atoms with Crippen LogP contribution in [0.2, 0.25) is 5.02 Å². The van der Waals surface area contributed by atoms with Gasteiger partial charge in [0.1, 0.15) is 0 Å². The molecule has 0 heterocycles. The van der Waals surface area contributed by atoms with Crippen LogP contribution in [0.5, 0.6) is 0 Å². The Morgan fingerprint density at radius 2 is 1.85 bits per heavy atom. The largest absolute Gasteiger partial charge is 0.286 e. The fraction of sp³-hybridized carbons (Fsp3) is 0. The second kappa shape index (κ2) is 2.82. The summed E-state index contributed by atoms with van der Waals surface area (Å²) in [5.41, 5.74) is 1.02. The van der Waals surface area contributed by atoms with Crippen LogP contribution in [0.1, 0.15) is 15.9 Å². The highest BCUT2D eigenvalue weighted by atomic mass is 35.5. The molecule has 0 spiro atoms. The van der Waals surface area contributed by atoms with Crippen LogP contribution >= 0.6 is 11.6 Å². The van der Waals surface area contributed by atoms with Gasteiger partial charge in [0.2, 0.25) is 11.6 Å². The lowest BCUT2D eigenvalue weighted by molar-refractivity contribution is -0.110. The molecule has 1 aromatic rings. The standard InChI is InChI=1S/C10H5ClO2/c11-7-3-1-2-6-4-5-8(12)10(13)9(6)7/h1-5H. The first-order valence-corrected chi connectivity index (χ1v) is 4.13. The highest BCUT2D eigenvalue weighted by Gasteiger charge is 2.22. The molecule has 0 aromatic heterocycles. The van der Waals surface area contributed by atoms with E-state index in [0.717, 1.165) is 0 Å². The SMILES string of the molecule is O=C1C=Cc2cccc(Cl)c2C1=O. The topological polar surface area (TPSA) is 34.1 Å². The highest BCUT2D eigenvalue weighted by molar-refractivity contribution is 6.52. The van der Waals surface area contributed by atoms with Gasteiger partial charge in [-0.2, -0.15) is 0 Å². The summed E-state index contributed by atoms with van der Waals surface area (Å²) in [6.45, 7) is 0. The van der Waals surface area contributed by atoms with E-state index in [2.05, 4.69) is 0 Å². The first-order valence-electron chi connectivity index (χ1n) is 3.75. The number of halogens is 1. The number of benzene rings is 1. The number of allylic oxidation sites excluding steroid dienone is 1. The lowest BCUT2D eigenvalue weighted by atomic mass is 9.95. The summed E-state index contributed by atoms with van der Waals surface area (Å²) >= 11 is 5.80. The van der Waals surface area contributed by atoms with Crippen molar-refractivity contribution >= 4 is 29.2 Å². The second-order valence-corrected chi connectivity index (χ2v) is 3.14. The van der Waals surface area contributed by atoms with Gasteiger partial charge in [0, 0.05) is 0 Å². The van der Waals surface area contributed by atoms with Crippen molar-refractivity contribution in [3.05, 3.63) is 40.4 Å². The maximum atomic E-state index is 11.4. The Kier molecular flexibility index (Phi) is 1.78. The summed E-state index contributed by atoms with van der Waals surface area (Å²) in [6, 6.07) is 5.10. The molecule has 0 bridgehead atoms. The van der Waals surface area contributed by atoms with Crippen molar-refractivity contribution in [1.29, 1.82) is 0 Å². The zero-order valence-corrected chi connectivity index (χ0v) is 7.34. The summed E-state index contributed by atoms with van der Waals surface area (Å²) in [5, 5.41) is 0.334. The van der Waals surface area contributed by atoms with Crippen LogP contribution in [-0.4, -0.2) is 11.6 Å². The average Bonchev–Trinajstić information content (AvgIpc) is 2.12. The Labute approximate surface area is 79.8 Å². The van der Waals surface area contributed by atoms with Crippen LogP contribution in [0.15, 0.2) is 24.3 Å². The minimum Gasteiger partial charge on any atom is -0.286 e. The van der Waals surface area contributed by atoms with Gasteiger partial charge >= 0.3 is 0 Å². The van der Waals surface area contributed by atoms with Crippen LogP contribution in [-0.2, 0) is 4.79 Å². The summed E-state index contributed by atoms with van der Waals surface area (Å²) in [5.74, 6) is -1.04. The first kappa shape index (κ1) is 8.20. The molecule has 0 aliphatic heterocycles. The van der Waals surface area contributed by atoms with E-state index in [9.17, 15) is 9.59 Å². The molecule has 0 unspecified atom stereocenters. The van der Waals surface area contributed by atoms with Gasteiger partial charge in [-0.3, -0.25) is 9.59 Å². The maximum absolute atomic E-state index is 11.4. The predicted molar refractivity (Wildman–Crippen MR) is 49.8 cm³/mol. The number of carbonyl (C=O) groups is 2. The van der Waals surface area contributed by atoms with Crippen molar-refractivity contribution < 1.29 is 9.59 Å². The number of Topliss-reactive ketones (excluding diaryl/α,β-unsaturated/α-hetero) is 1. The molecule has 1 aromatic carbocycles. The molecule has 0 atom stereocenters. The zero-order valence-electron chi connectivity index (χ0n) is 6.58. The molecule has 0 saturated heterocycles. The number of fused-ring (bicyclic) bond motifs is 1. The minimum atomic E-state index is -0.525. The fourth-order valence-corrected chi connectivity index (χ4v) is 1.55. The van der Waals surface area contributed by atoms with Gasteiger partial charge in [0.25, 0.3) is 0 Å². The molecule has 0 fully saturated rings. The van der Waals surface area contributed by atoms with E-state index in [1.165, 1.54) is 6.08 Å². The van der Waals surface area contributed by atoms with Crippen molar-refractivity contribution in [2.45, 2.75) is 0 Å². The van der Waals surface area contributed by atoms with Gasteiger partial charge in [-0.1, -0.05) is 29.8 Å². The minimum absolute atomic E-state index is 0.316. The van der Waals surface area contributed by atoms with E-state index >= 15 is 0 Å². The number of rotatable bonds is 0. The van der Waals surface area contributed by atoms with Gasteiger partial charge < -0.3 is 0 Å². The van der Waals surface area contributed by atoms with Gasteiger partial charge in [-0.05, 0) is 17.7 Å². The molecule has 0 saturated carbocycles. The lowest BCUT2D eigenvalue weighted by Crippen LogP contribution is -2.16. The van der Waals surface area contributed by atoms with Crippen molar-refractivity contribution in [3.8, 4) is 0 Å².